The number of nitrogens with one attached hydrogen (secondary N) is 2. The highest BCUT2D eigenvalue weighted by molar-refractivity contribution is 5.92. The first kappa shape index (κ1) is 29.4. The molecular formula is C29H39N3O5. The second kappa shape index (κ2) is 12.4. The molecule has 0 aliphatic heterocycles. The number of hydrogen-bond donors (Lipinski definition) is 3. The van der Waals surface area contributed by atoms with Crippen molar-refractivity contribution in [2.75, 3.05) is 6.54 Å². The molecule has 200 valence electrons. The van der Waals surface area contributed by atoms with E-state index >= 15 is 0 Å². The minimum absolute atomic E-state index is 0.0675. The highest BCUT2D eigenvalue weighted by atomic mass is 16.6. The van der Waals surface area contributed by atoms with Crippen molar-refractivity contribution in [3.05, 3.63) is 78.4 Å². The summed E-state index contributed by atoms with van der Waals surface area (Å²) in [6.45, 7) is 14.6. The molecule has 2 aromatic carbocycles. The summed E-state index contributed by atoms with van der Waals surface area (Å²) in [5.41, 5.74) is 0.0323. The van der Waals surface area contributed by atoms with Gasteiger partial charge in [-0.05, 0) is 64.8 Å². The van der Waals surface area contributed by atoms with E-state index in [2.05, 4.69) is 17.2 Å². The summed E-state index contributed by atoms with van der Waals surface area (Å²) in [5, 5.41) is 15.3. The first-order chi connectivity index (χ1) is 17.2. The summed E-state index contributed by atoms with van der Waals surface area (Å²) < 4.78 is 5.41. The fourth-order valence-corrected chi connectivity index (χ4v) is 3.73. The molecule has 0 bridgehead atoms. The molecular weight excluding hydrogens is 470 g/mol. The first-order valence-corrected chi connectivity index (χ1v) is 12.3. The number of ether oxygens (including phenoxy) is 1. The van der Waals surface area contributed by atoms with E-state index in [1.165, 1.54) is 17.0 Å². The zero-order valence-corrected chi connectivity index (χ0v) is 22.6. The maximum Gasteiger partial charge on any atom is 0.408 e. The SMILES string of the molecule is C=CCN(C(=O)C(Cc1ccc(O)cc1)NC(=O)OC(C)(C)C)C(C(=O)NC(C)(C)C)c1ccccc1. The van der Waals surface area contributed by atoms with Crippen LogP contribution in [0.3, 0.4) is 0 Å². The van der Waals surface area contributed by atoms with Gasteiger partial charge in [-0.15, -0.1) is 6.58 Å². The molecule has 0 aliphatic rings. The van der Waals surface area contributed by atoms with Crippen molar-refractivity contribution < 1.29 is 24.2 Å². The van der Waals surface area contributed by atoms with E-state index in [1.807, 2.05) is 26.8 Å². The van der Waals surface area contributed by atoms with E-state index < -0.39 is 35.2 Å². The van der Waals surface area contributed by atoms with Crippen molar-refractivity contribution in [2.45, 2.75) is 71.2 Å². The number of alkyl carbamates (subject to hydrolysis) is 1. The summed E-state index contributed by atoms with van der Waals surface area (Å²) in [6.07, 6.45) is 0.913. The van der Waals surface area contributed by atoms with E-state index in [-0.39, 0.29) is 24.6 Å². The summed E-state index contributed by atoms with van der Waals surface area (Å²) in [5.74, 6) is -0.741. The van der Waals surface area contributed by atoms with E-state index in [0.29, 0.717) is 11.1 Å². The normalized spacial score (nSPS) is 13.1. The van der Waals surface area contributed by atoms with Gasteiger partial charge in [0.1, 0.15) is 23.4 Å². The second-order valence-electron chi connectivity index (χ2n) is 10.9. The van der Waals surface area contributed by atoms with Gasteiger partial charge < -0.3 is 25.4 Å². The topological polar surface area (TPSA) is 108 Å². The molecule has 0 fully saturated rings. The molecule has 2 rings (SSSR count). The highest BCUT2D eigenvalue weighted by Crippen LogP contribution is 2.24. The second-order valence-corrected chi connectivity index (χ2v) is 10.9. The fraction of sp³-hybridized carbons (Fsp3) is 0.414. The van der Waals surface area contributed by atoms with Crippen molar-refractivity contribution in [2.24, 2.45) is 0 Å². The minimum atomic E-state index is -1.05. The third kappa shape index (κ3) is 9.63. The Bertz CT molecular complexity index is 1070. The van der Waals surface area contributed by atoms with Crippen LogP contribution < -0.4 is 10.6 Å². The molecule has 0 spiro atoms. The molecule has 0 heterocycles. The van der Waals surface area contributed by atoms with Crippen LogP contribution in [0, 0.1) is 0 Å². The third-order valence-electron chi connectivity index (χ3n) is 5.15. The van der Waals surface area contributed by atoms with E-state index in [1.54, 1.807) is 63.2 Å². The standard InChI is InChI=1S/C29H39N3O5/c1-8-18-32(24(21-12-10-9-11-13-21)25(34)31-28(2,3)4)26(35)23(30-27(36)37-29(5,6)7)19-20-14-16-22(33)17-15-20/h8-17,23-24,33H,1,18-19H2,2-7H3,(H,30,36)(H,31,34). The van der Waals surface area contributed by atoms with Crippen LogP contribution in [0.2, 0.25) is 0 Å². The van der Waals surface area contributed by atoms with Gasteiger partial charge in [-0.25, -0.2) is 4.79 Å². The Hall–Kier alpha value is -3.81. The minimum Gasteiger partial charge on any atom is -0.508 e. The average molecular weight is 510 g/mol. The van der Waals surface area contributed by atoms with Crippen LogP contribution in [0.5, 0.6) is 5.75 Å². The number of nitrogens with zero attached hydrogens (tertiary/aromatic N) is 1. The Morgan fingerprint density at radius 2 is 1.59 bits per heavy atom. The number of hydrogen-bond acceptors (Lipinski definition) is 5. The van der Waals surface area contributed by atoms with Gasteiger partial charge >= 0.3 is 6.09 Å². The molecule has 0 aromatic heterocycles. The maximum absolute atomic E-state index is 14.1. The number of carbonyl (C=O) groups excluding carboxylic acids is 3. The van der Waals surface area contributed by atoms with Gasteiger partial charge in [0.25, 0.3) is 0 Å². The molecule has 2 unspecified atom stereocenters. The average Bonchev–Trinajstić information content (AvgIpc) is 2.77. The number of carbonyl (C=O) groups is 3. The number of phenolic OH excluding ortho intramolecular Hbond substituents is 1. The van der Waals surface area contributed by atoms with Gasteiger partial charge in [0.15, 0.2) is 0 Å². The molecule has 37 heavy (non-hydrogen) atoms. The van der Waals surface area contributed by atoms with Gasteiger partial charge in [-0.2, -0.15) is 0 Å². The summed E-state index contributed by atoms with van der Waals surface area (Å²) in [7, 11) is 0. The number of rotatable bonds is 9. The number of phenols is 1. The summed E-state index contributed by atoms with van der Waals surface area (Å²) in [4.78, 5) is 41.7. The van der Waals surface area contributed by atoms with Crippen molar-refractivity contribution in [1.82, 2.24) is 15.5 Å². The van der Waals surface area contributed by atoms with Crippen molar-refractivity contribution in [3.63, 3.8) is 0 Å². The first-order valence-electron chi connectivity index (χ1n) is 12.3. The van der Waals surface area contributed by atoms with Crippen LogP contribution in [0.1, 0.15) is 58.7 Å². The molecule has 0 saturated heterocycles. The number of benzene rings is 2. The van der Waals surface area contributed by atoms with Crippen LogP contribution in [-0.4, -0.2) is 51.6 Å². The predicted molar refractivity (Wildman–Crippen MR) is 144 cm³/mol. The molecule has 0 saturated carbocycles. The van der Waals surface area contributed by atoms with E-state index in [4.69, 9.17) is 4.74 Å². The lowest BCUT2D eigenvalue weighted by Gasteiger charge is -2.35. The van der Waals surface area contributed by atoms with Crippen LogP contribution >= 0.6 is 0 Å². The zero-order valence-electron chi connectivity index (χ0n) is 22.6. The Balaban J connectivity index is 2.51. The highest BCUT2D eigenvalue weighted by Gasteiger charge is 2.36. The Kier molecular flexibility index (Phi) is 9.88. The van der Waals surface area contributed by atoms with E-state index in [9.17, 15) is 19.5 Å². The summed E-state index contributed by atoms with van der Waals surface area (Å²) >= 11 is 0. The van der Waals surface area contributed by atoms with Gasteiger partial charge in [0.2, 0.25) is 11.8 Å². The Morgan fingerprint density at radius 1 is 1.00 bits per heavy atom. The molecule has 3 amide bonds. The van der Waals surface area contributed by atoms with Crippen LogP contribution in [0.25, 0.3) is 0 Å². The molecule has 2 atom stereocenters. The molecule has 2 aromatic rings. The summed E-state index contributed by atoms with van der Waals surface area (Å²) in [6, 6.07) is 13.4. The molecule has 0 radical (unpaired) electrons. The van der Waals surface area contributed by atoms with Gasteiger partial charge in [-0.3, -0.25) is 9.59 Å². The molecule has 8 nitrogen and oxygen atoms in total. The quantitative estimate of drug-likeness (QED) is 0.432. The lowest BCUT2D eigenvalue weighted by atomic mass is 9.99. The lowest BCUT2D eigenvalue weighted by molar-refractivity contribution is -0.142. The maximum atomic E-state index is 14.1. The van der Waals surface area contributed by atoms with Crippen molar-refractivity contribution in [3.8, 4) is 5.75 Å². The predicted octanol–water partition coefficient (Wildman–Crippen LogP) is 4.50. The molecule has 0 aliphatic carbocycles. The number of amides is 3. The van der Waals surface area contributed by atoms with Gasteiger partial charge in [0.05, 0.1) is 0 Å². The van der Waals surface area contributed by atoms with Crippen molar-refractivity contribution in [1.29, 1.82) is 0 Å². The molecule has 8 heteroatoms. The zero-order chi connectivity index (χ0) is 27.8. The smallest absolute Gasteiger partial charge is 0.408 e. The Morgan fingerprint density at radius 3 is 2.11 bits per heavy atom. The third-order valence-corrected chi connectivity index (χ3v) is 5.15. The monoisotopic (exact) mass is 509 g/mol. The van der Waals surface area contributed by atoms with Crippen LogP contribution in [-0.2, 0) is 20.7 Å². The van der Waals surface area contributed by atoms with Gasteiger partial charge in [-0.1, -0.05) is 48.5 Å². The Labute approximate surface area is 219 Å². The lowest BCUT2D eigenvalue weighted by Crippen LogP contribution is -2.55. The van der Waals surface area contributed by atoms with Crippen LogP contribution in [0.4, 0.5) is 4.79 Å². The van der Waals surface area contributed by atoms with Crippen LogP contribution in [0.15, 0.2) is 67.3 Å². The van der Waals surface area contributed by atoms with Gasteiger partial charge in [0, 0.05) is 18.5 Å². The fourth-order valence-electron chi connectivity index (χ4n) is 3.73. The van der Waals surface area contributed by atoms with E-state index in [0.717, 1.165) is 0 Å². The molecule has 3 N–H and O–H groups in total. The largest absolute Gasteiger partial charge is 0.508 e. The van der Waals surface area contributed by atoms with Crippen molar-refractivity contribution >= 4 is 17.9 Å². The number of aromatic hydroxyl groups is 1.